The van der Waals surface area contributed by atoms with E-state index in [0.29, 0.717) is 47.8 Å². The third-order valence-corrected chi connectivity index (χ3v) is 7.77. The number of primary amides is 1. The van der Waals surface area contributed by atoms with E-state index in [9.17, 15) is 14.7 Å². The van der Waals surface area contributed by atoms with Gasteiger partial charge in [0.05, 0.1) is 11.8 Å². The smallest absolute Gasteiger partial charge is 0.248 e. The minimum atomic E-state index is -0.558. The van der Waals surface area contributed by atoms with Crippen LogP contribution in [-0.2, 0) is 13.1 Å². The van der Waals surface area contributed by atoms with E-state index in [-0.39, 0.29) is 24.1 Å². The highest BCUT2D eigenvalue weighted by molar-refractivity contribution is 5.97. The van der Waals surface area contributed by atoms with Crippen molar-refractivity contribution >= 4 is 11.7 Å². The van der Waals surface area contributed by atoms with Crippen LogP contribution >= 0.6 is 0 Å². The van der Waals surface area contributed by atoms with Gasteiger partial charge in [0.1, 0.15) is 17.8 Å². The Morgan fingerprint density at radius 1 is 1.12 bits per heavy atom. The van der Waals surface area contributed by atoms with Gasteiger partial charge in [0.2, 0.25) is 5.91 Å². The molecule has 4 N–H and O–H groups in total. The third kappa shape index (κ3) is 5.06. The van der Waals surface area contributed by atoms with Crippen molar-refractivity contribution in [2.45, 2.75) is 38.1 Å². The van der Waals surface area contributed by atoms with Gasteiger partial charge < -0.3 is 16.2 Å². The number of hydrogen-bond acceptors (Lipinski definition) is 6. The molecule has 0 bridgehead atoms. The summed E-state index contributed by atoms with van der Waals surface area (Å²) in [6.45, 7) is 2.45. The minimum Gasteiger partial charge on any atom is -0.392 e. The number of hydrogen-bond donors (Lipinski definition) is 3. The number of fused-ring (bicyclic) bond motifs is 1. The molecule has 1 saturated heterocycles. The first kappa shape index (κ1) is 26.1. The SMILES string of the molecule is NC(=O)c1cccc(-n2cnc3c2C(=O)CC(c2ccc(-c4ccccc4CN4CCC(O)C4)cc2F)NC3)c1. The number of carbonyl (C=O) groups excluding carboxylic acids is 2. The number of nitrogens with one attached hydrogen (secondary N) is 1. The summed E-state index contributed by atoms with van der Waals surface area (Å²) in [7, 11) is 0. The summed E-state index contributed by atoms with van der Waals surface area (Å²) in [4.78, 5) is 31.8. The summed E-state index contributed by atoms with van der Waals surface area (Å²) in [6.07, 6.45) is 2.07. The molecular formula is C31H30FN5O3. The summed E-state index contributed by atoms with van der Waals surface area (Å²) in [5.74, 6) is -1.11. The number of Topliss-reactive ketones (excluding diaryl/α,β-unsaturated/α-hetero) is 1. The van der Waals surface area contributed by atoms with Crippen molar-refractivity contribution in [3.63, 3.8) is 0 Å². The van der Waals surface area contributed by atoms with E-state index in [1.165, 1.54) is 6.07 Å². The lowest BCUT2D eigenvalue weighted by Crippen LogP contribution is -2.22. The van der Waals surface area contributed by atoms with Crippen LogP contribution in [0.5, 0.6) is 0 Å². The van der Waals surface area contributed by atoms with Crippen LogP contribution in [0, 0.1) is 5.82 Å². The number of nitrogens with zero attached hydrogens (tertiary/aromatic N) is 3. The fourth-order valence-electron chi connectivity index (χ4n) is 5.72. The molecule has 4 aromatic rings. The van der Waals surface area contributed by atoms with Crippen LogP contribution in [0.15, 0.2) is 73.1 Å². The van der Waals surface area contributed by atoms with Crippen LogP contribution in [0.4, 0.5) is 4.39 Å². The fraction of sp³-hybridized carbons (Fsp3) is 0.258. The van der Waals surface area contributed by atoms with E-state index < -0.39 is 11.9 Å². The molecule has 0 radical (unpaired) electrons. The molecule has 1 fully saturated rings. The van der Waals surface area contributed by atoms with Crippen molar-refractivity contribution < 1.29 is 19.1 Å². The van der Waals surface area contributed by atoms with Gasteiger partial charge in [-0.05, 0) is 47.4 Å². The van der Waals surface area contributed by atoms with Crippen molar-refractivity contribution in [1.29, 1.82) is 0 Å². The van der Waals surface area contributed by atoms with Crippen LogP contribution in [0.25, 0.3) is 16.8 Å². The average Bonchev–Trinajstić information content (AvgIpc) is 3.53. The van der Waals surface area contributed by atoms with Crippen molar-refractivity contribution in [3.8, 4) is 16.8 Å². The molecule has 8 nitrogen and oxygen atoms in total. The zero-order valence-corrected chi connectivity index (χ0v) is 21.9. The Morgan fingerprint density at radius 2 is 1.98 bits per heavy atom. The third-order valence-electron chi connectivity index (χ3n) is 7.77. The maximum atomic E-state index is 15.6. The highest BCUT2D eigenvalue weighted by Gasteiger charge is 2.29. The maximum absolute atomic E-state index is 15.6. The van der Waals surface area contributed by atoms with Gasteiger partial charge in [-0.1, -0.05) is 42.5 Å². The highest BCUT2D eigenvalue weighted by Crippen LogP contribution is 2.32. The zero-order chi connectivity index (χ0) is 27.8. The normalized spacial score (nSPS) is 19.4. The van der Waals surface area contributed by atoms with Gasteiger partial charge >= 0.3 is 0 Å². The lowest BCUT2D eigenvalue weighted by Gasteiger charge is -2.19. The largest absolute Gasteiger partial charge is 0.392 e. The number of aliphatic hydroxyl groups is 1. The molecule has 40 heavy (non-hydrogen) atoms. The molecule has 1 aromatic heterocycles. The number of aromatic nitrogens is 2. The lowest BCUT2D eigenvalue weighted by molar-refractivity contribution is 0.0964. The number of amides is 1. The lowest BCUT2D eigenvalue weighted by atomic mass is 9.95. The number of likely N-dealkylation sites (tertiary alicyclic amines) is 1. The van der Waals surface area contributed by atoms with E-state index in [4.69, 9.17) is 5.73 Å². The summed E-state index contributed by atoms with van der Waals surface area (Å²) < 4.78 is 17.3. The molecule has 6 rings (SSSR count). The van der Waals surface area contributed by atoms with Crippen LogP contribution in [0.1, 0.15) is 56.6 Å². The molecule has 0 saturated carbocycles. The Bertz CT molecular complexity index is 1600. The maximum Gasteiger partial charge on any atom is 0.248 e. The molecule has 2 aliphatic rings. The molecule has 2 atom stereocenters. The predicted molar refractivity (Wildman–Crippen MR) is 148 cm³/mol. The molecule has 204 valence electrons. The van der Waals surface area contributed by atoms with Gasteiger partial charge in [0.15, 0.2) is 5.78 Å². The number of aliphatic hydroxyl groups excluding tert-OH is 1. The van der Waals surface area contributed by atoms with Crippen molar-refractivity contribution in [2.75, 3.05) is 13.1 Å². The summed E-state index contributed by atoms with van der Waals surface area (Å²) in [5, 5.41) is 13.2. The Balaban J connectivity index is 1.24. The number of β-amino-alcohol motifs (C(OH)–C–C–N with tert-alkyl or cyclic N) is 1. The molecule has 2 unspecified atom stereocenters. The summed E-state index contributed by atoms with van der Waals surface area (Å²) >= 11 is 0. The second-order valence-corrected chi connectivity index (χ2v) is 10.5. The number of benzene rings is 3. The molecule has 9 heteroatoms. The van der Waals surface area contributed by atoms with Crippen molar-refractivity contribution in [1.82, 2.24) is 19.8 Å². The van der Waals surface area contributed by atoms with Gasteiger partial charge in [-0.3, -0.25) is 19.1 Å². The molecule has 3 heterocycles. The predicted octanol–water partition coefficient (Wildman–Crippen LogP) is 3.76. The van der Waals surface area contributed by atoms with Crippen LogP contribution in [0.2, 0.25) is 0 Å². The number of nitrogens with two attached hydrogens (primary N) is 1. The van der Waals surface area contributed by atoms with Gasteiger partial charge in [0.25, 0.3) is 0 Å². The van der Waals surface area contributed by atoms with E-state index in [1.807, 2.05) is 30.3 Å². The Hall–Kier alpha value is -4.18. The van der Waals surface area contributed by atoms with Gasteiger partial charge in [-0.25, -0.2) is 9.37 Å². The fourth-order valence-corrected chi connectivity index (χ4v) is 5.72. The number of rotatable bonds is 6. The highest BCUT2D eigenvalue weighted by atomic mass is 19.1. The van der Waals surface area contributed by atoms with Crippen molar-refractivity contribution in [2.24, 2.45) is 5.73 Å². The Kier molecular flexibility index (Phi) is 7.02. The minimum absolute atomic E-state index is 0.0539. The molecular weight excluding hydrogens is 509 g/mol. The van der Waals surface area contributed by atoms with E-state index in [2.05, 4.69) is 15.2 Å². The standard InChI is InChI=1S/C31H30FN5O3/c32-26-13-19(24-7-2-1-4-21(24)16-36-11-10-23(38)17-36)8-9-25(26)27-14-29(39)30-28(15-34-27)35-18-37(30)22-6-3-5-20(12-22)31(33)40/h1-9,12-13,18,23,27,34,38H,10-11,14-17H2,(H2,33,40). The van der Waals surface area contributed by atoms with E-state index in [1.54, 1.807) is 41.2 Å². The molecule has 0 spiro atoms. The number of imidazole rings is 1. The Morgan fingerprint density at radius 3 is 2.75 bits per heavy atom. The van der Waals surface area contributed by atoms with E-state index in [0.717, 1.165) is 29.7 Å². The quantitative estimate of drug-likeness (QED) is 0.344. The number of halogens is 1. The van der Waals surface area contributed by atoms with Gasteiger partial charge in [-0.2, -0.15) is 0 Å². The topological polar surface area (TPSA) is 113 Å². The average molecular weight is 540 g/mol. The molecule has 1 amide bonds. The number of ketones is 1. The zero-order valence-electron chi connectivity index (χ0n) is 21.9. The number of carbonyl (C=O) groups is 2. The van der Waals surface area contributed by atoms with Crippen LogP contribution < -0.4 is 11.1 Å². The monoisotopic (exact) mass is 539 g/mol. The van der Waals surface area contributed by atoms with Gasteiger partial charge in [0, 0.05) is 55.5 Å². The summed E-state index contributed by atoms with van der Waals surface area (Å²) in [5.41, 5.74) is 10.6. The first-order chi connectivity index (χ1) is 19.4. The second kappa shape index (κ2) is 10.8. The van der Waals surface area contributed by atoms with Gasteiger partial charge in [-0.15, -0.1) is 0 Å². The molecule has 3 aromatic carbocycles. The van der Waals surface area contributed by atoms with Crippen LogP contribution in [-0.4, -0.2) is 50.4 Å². The van der Waals surface area contributed by atoms with Crippen LogP contribution in [0.3, 0.4) is 0 Å². The Labute approximate surface area is 231 Å². The van der Waals surface area contributed by atoms with Crippen molar-refractivity contribution in [3.05, 3.63) is 107 Å². The molecule has 2 aliphatic heterocycles. The first-order valence-corrected chi connectivity index (χ1v) is 13.4. The van der Waals surface area contributed by atoms with E-state index >= 15 is 4.39 Å². The second-order valence-electron chi connectivity index (χ2n) is 10.5. The molecule has 0 aliphatic carbocycles. The summed E-state index contributed by atoms with van der Waals surface area (Å²) in [6, 6.07) is 19.3. The first-order valence-electron chi connectivity index (χ1n) is 13.4.